The predicted molar refractivity (Wildman–Crippen MR) is 154 cm³/mol. The Hall–Kier alpha value is -4.80. The van der Waals surface area contributed by atoms with E-state index < -0.39 is 0 Å². The number of anilines is 2. The number of nitriles is 1. The van der Waals surface area contributed by atoms with Crippen molar-refractivity contribution in [2.75, 3.05) is 38.0 Å². The van der Waals surface area contributed by atoms with Gasteiger partial charge in [-0.2, -0.15) is 5.26 Å². The van der Waals surface area contributed by atoms with Crippen LogP contribution in [0.3, 0.4) is 0 Å². The molecular formula is C32H28N4. The molecule has 0 aliphatic rings. The summed E-state index contributed by atoms with van der Waals surface area (Å²) in [6.45, 7) is 7.83. The monoisotopic (exact) mass is 468 g/mol. The van der Waals surface area contributed by atoms with E-state index in [1.165, 1.54) is 0 Å². The second-order valence-corrected chi connectivity index (χ2v) is 8.99. The minimum atomic E-state index is 0.556. The minimum Gasteiger partial charge on any atom is -0.378 e. The number of hydrogen-bond donors (Lipinski definition) is 0. The van der Waals surface area contributed by atoms with Crippen LogP contribution in [0.5, 0.6) is 0 Å². The third kappa shape index (κ3) is 5.14. The molecule has 4 rings (SSSR count). The number of fused-ring (bicyclic) bond motifs is 1. The number of rotatable bonds is 6. The van der Waals surface area contributed by atoms with Gasteiger partial charge in [0.05, 0.1) is 12.1 Å². The van der Waals surface area contributed by atoms with Crippen molar-refractivity contribution >= 4 is 52.1 Å². The van der Waals surface area contributed by atoms with Crippen LogP contribution in [0.15, 0.2) is 72.8 Å². The Bertz CT molecular complexity index is 1410. The van der Waals surface area contributed by atoms with Gasteiger partial charge < -0.3 is 9.80 Å². The average molecular weight is 469 g/mol. The maximum atomic E-state index is 9.97. The fourth-order valence-corrected chi connectivity index (χ4v) is 4.09. The van der Waals surface area contributed by atoms with Gasteiger partial charge in [-0.25, -0.2) is 4.85 Å². The highest BCUT2D eigenvalue weighted by Crippen LogP contribution is 2.35. The van der Waals surface area contributed by atoms with Gasteiger partial charge in [0.25, 0.3) is 0 Å². The molecule has 4 aromatic carbocycles. The van der Waals surface area contributed by atoms with Gasteiger partial charge in [-0.3, -0.25) is 0 Å². The van der Waals surface area contributed by atoms with Crippen molar-refractivity contribution in [2.24, 2.45) is 0 Å². The SMILES string of the molecule is [C-]#[N+]c1c(/C=C/c2ccc(N(C)C)cc2)ccc2c(C#N)c(/C=C/c3ccc(N(C)C)cc3)ccc12. The predicted octanol–water partition coefficient (Wildman–Crippen LogP) is 7.74. The first kappa shape index (κ1) is 24.3. The molecule has 0 saturated carbocycles. The first-order valence-electron chi connectivity index (χ1n) is 11.7. The zero-order valence-corrected chi connectivity index (χ0v) is 21.0. The van der Waals surface area contributed by atoms with Crippen LogP contribution in [0, 0.1) is 17.9 Å². The van der Waals surface area contributed by atoms with Crippen LogP contribution in [0.4, 0.5) is 17.1 Å². The standard InChI is InChI=1S/C32H28N4/c1-34-32-26(13-7-24-10-18-28(19-11-24)36(4)5)15-20-29-30(32)21-14-25(31(29)22-33)12-6-23-8-16-27(17-9-23)35(2)3/h6-21H,2-5H3/b12-6+,13-7+. The molecule has 0 radical (unpaired) electrons. The Balaban J connectivity index is 1.67. The maximum absolute atomic E-state index is 9.97. The Kier molecular flexibility index (Phi) is 7.19. The van der Waals surface area contributed by atoms with Gasteiger partial charge in [-0.1, -0.05) is 72.8 Å². The van der Waals surface area contributed by atoms with E-state index in [0.29, 0.717) is 11.3 Å². The highest BCUT2D eigenvalue weighted by Gasteiger charge is 2.11. The molecule has 4 heteroatoms. The van der Waals surface area contributed by atoms with Crippen LogP contribution in [0.25, 0.3) is 39.9 Å². The molecule has 0 bridgehead atoms. The topological polar surface area (TPSA) is 34.6 Å². The van der Waals surface area contributed by atoms with Crippen molar-refractivity contribution in [1.29, 1.82) is 5.26 Å². The lowest BCUT2D eigenvalue weighted by molar-refractivity contribution is 1.13. The third-order valence-electron chi connectivity index (χ3n) is 6.19. The zero-order chi connectivity index (χ0) is 25.7. The largest absolute Gasteiger partial charge is 0.378 e. The van der Waals surface area contributed by atoms with E-state index in [-0.39, 0.29) is 0 Å². The van der Waals surface area contributed by atoms with Gasteiger partial charge in [0.2, 0.25) is 5.69 Å². The van der Waals surface area contributed by atoms with Crippen LogP contribution in [-0.4, -0.2) is 28.2 Å². The molecule has 0 saturated heterocycles. The van der Waals surface area contributed by atoms with Crippen LogP contribution in [-0.2, 0) is 0 Å². The van der Waals surface area contributed by atoms with E-state index in [2.05, 4.69) is 69.2 Å². The molecule has 176 valence electrons. The molecule has 0 spiro atoms. The average Bonchev–Trinajstić information content (AvgIpc) is 2.90. The van der Waals surface area contributed by atoms with Crippen molar-refractivity contribution in [2.45, 2.75) is 0 Å². The van der Waals surface area contributed by atoms with Gasteiger partial charge in [0, 0.05) is 39.6 Å². The Morgan fingerprint density at radius 2 is 1.11 bits per heavy atom. The van der Waals surface area contributed by atoms with Gasteiger partial charge in [0.1, 0.15) is 6.07 Å². The van der Waals surface area contributed by atoms with E-state index >= 15 is 0 Å². The lowest BCUT2D eigenvalue weighted by Gasteiger charge is -2.12. The fourth-order valence-electron chi connectivity index (χ4n) is 4.09. The quantitative estimate of drug-likeness (QED) is 0.214. The molecule has 0 heterocycles. The lowest BCUT2D eigenvalue weighted by atomic mass is 9.95. The summed E-state index contributed by atoms with van der Waals surface area (Å²) < 4.78 is 0. The van der Waals surface area contributed by atoms with Crippen LogP contribution in [0.1, 0.15) is 27.8 Å². The Morgan fingerprint density at radius 1 is 0.639 bits per heavy atom. The molecule has 0 atom stereocenters. The summed E-state index contributed by atoms with van der Waals surface area (Å²) in [5.74, 6) is 0. The van der Waals surface area contributed by atoms with Crippen molar-refractivity contribution in [3.63, 3.8) is 0 Å². The van der Waals surface area contributed by atoms with Gasteiger partial charge in [-0.05, 0) is 57.3 Å². The first-order valence-corrected chi connectivity index (χ1v) is 11.7. The highest BCUT2D eigenvalue weighted by atomic mass is 15.1. The second-order valence-electron chi connectivity index (χ2n) is 8.99. The summed E-state index contributed by atoms with van der Waals surface area (Å²) in [7, 11) is 8.06. The van der Waals surface area contributed by atoms with Crippen LogP contribution >= 0.6 is 0 Å². The lowest BCUT2D eigenvalue weighted by Crippen LogP contribution is -2.07. The molecule has 0 amide bonds. The molecule has 36 heavy (non-hydrogen) atoms. The van der Waals surface area contributed by atoms with E-state index in [1.807, 2.05) is 76.8 Å². The summed E-state index contributed by atoms with van der Waals surface area (Å²) >= 11 is 0. The maximum Gasteiger partial charge on any atom is 0.202 e. The molecule has 0 N–H and O–H groups in total. The van der Waals surface area contributed by atoms with Crippen molar-refractivity contribution < 1.29 is 0 Å². The summed E-state index contributed by atoms with van der Waals surface area (Å²) in [6.07, 6.45) is 7.95. The van der Waals surface area contributed by atoms with Crippen molar-refractivity contribution in [3.05, 3.63) is 112 Å². The number of benzene rings is 4. The van der Waals surface area contributed by atoms with Gasteiger partial charge >= 0.3 is 0 Å². The molecule has 4 aromatic rings. The molecule has 0 unspecified atom stereocenters. The molecule has 0 aromatic heterocycles. The Labute approximate surface area is 213 Å². The van der Waals surface area contributed by atoms with Crippen LogP contribution < -0.4 is 9.80 Å². The fraction of sp³-hybridized carbons (Fsp3) is 0.125. The molecular weight excluding hydrogens is 440 g/mol. The molecule has 0 fully saturated rings. The summed E-state index contributed by atoms with van der Waals surface area (Å²) in [5.41, 5.74) is 7.20. The Morgan fingerprint density at radius 3 is 1.58 bits per heavy atom. The van der Waals surface area contributed by atoms with E-state index in [9.17, 15) is 5.26 Å². The third-order valence-corrected chi connectivity index (χ3v) is 6.19. The summed E-state index contributed by atoms with van der Waals surface area (Å²) in [4.78, 5) is 7.95. The van der Waals surface area contributed by atoms with E-state index in [4.69, 9.17) is 6.57 Å². The van der Waals surface area contributed by atoms with Crippen molar-refractivity contribution in [3.8, 4) is 6.07 Å². The van der Waals surface area contributed by atoms with Crippen LogP contribution in [0.2, 0.25) is 0 Å². The summed E-state index contributed by atoms with van der Waals surface area (Å²) in [6, 6.07) is 26.6. The minimum absolute atomic E-state index is 0.556. The van der Waals surface area contributed by atoms with E-state index in [1.54, 1.807) is 0 Å². The smallest absolute Gasteiger partial charge is 0.202 e. The van der Waals surface area contributed by atoms with Gasteiger partial charge in [-0.15, -0.1) is 0 Å². The second kappa shape index (κ2) is 10.6. The number of nitrogens with zero attached hydrogens (tertiary/aromatic N) is 4. The van der Waals surface area contributed by atoms with Gasteiger partial charge in [0.15, 0.2) is 0 Å². The van der Waals surface area contributed by atoms with E-state index in [0.717, 1.165) is 44.4 Å². The van der Waals surface area contributed by atoms with Crippen molar-refractivity contribution in [1.82, 2.24) is 0 Å². The summed E-state index contributed by atoms with van der Waals surface area (Å²) in [5, 5.41) is 11.6. The highest BCUT2D eigenvalue weighted by molar-refractivity contribution is 6.03. The molecule has 0 aliphatic carbocycles. The zero-order valence-electron chi connectivity index (χ0n) is 21.0. The molecule has 4 nitrogen and oxygen atoms in total. The molecule has 0 aliphatic heterocycles. The number of hydrogen-bond acceptors (Lipinski definition) is 3. The first-order chi connectivity index (χ1) is 17.4. The normalized spacial score (nSPS) is 11.1.